The van der Waals surface area contributed by atoms with E-state index in [0.717, 1.165) is 5.56 Å². The van der Waals surface area contributed by atoms with Crippen molar-refractivity contribution in [2.45, 2.75) is 19.8 Å². The molecule has 6 heteroatoms. The predicted octanol–water partition coefficient (Wildman–Crippen LogP) is 3.45. The summed E-state index contributed by atoms with van der Waals surface area (Å²) in [6.07, 6.45) is 3.69. The number of amides is 1. The number of ether oxygens (including phenoxy) is 2. The summed E-state index contributed by atoms with van der Waals surface area (Å²) >= 11 is 0. The van der Waals surface area contributed by atoms with Crippen LogP contribution < -0.4 is 10.1 Å². The highest BCUT2D eigenvalue weighted by molar-refractivity contribution is 5.87. The Bertz CT molecular complexity index is 831. The first kappa shape index (κ1) is 21.2. The molecule has 0 heterocycles. The molecule has 2 aromatic rings. The number of hydrogen-bond donors (Lipinski definition) is 1. The topological polar surface area (TPSA) is 64.6 Å². The minimum absolute atomic E-state index is 0.0659. The Hall–Kier alpha value is -3.15. The van der Waals surface area contributed by atoms with Crippen LogP contribution in [0.25, 0.3) is 6.08 Å². The summed E-state index contributed by atoms with van der Waals surface area (Å²) in [7, 11) is 1.38. The van der Waals surface area contributed by atoms with Crippen molar-refractivity contribution in [2.75, 3.05) is 20.3 Å². The van der Waals surface area contributed by atoms with Crippen LogP contribution in [0.1, 0.15) is 23.1 Å². The summed E-state index contributed by atoms with van der Waals surface area (Å²) in [5.41, 5.74) is 2.80. The number of benzene rings is 2. The predicted molar refractivity (Wildman–Crippen MR) is 105 cm³/mol. The molecule has 0 bridgehead atoms. The molecule has 0 saturated carbocycles. The maximum absolute atomic E-state index is 13.6. The van der Waals surface area contributed by atoms with Gasteiger partial charge in [0.1, 0.15) is 6.61 Å². The number of carbonyl (C=O) groups excluding carboxylic acids is 2. The lowest BCUT2D eigenvalue weighted by molar-refractivity contribution is -0.138. The second kappa shape index (κ2) is 10.9. The average molecular weight is 385 g/mol. The number of halogens is 1. The first-order valence-corrected chi connectivity index (χ1v) is 8.98. The molecular formula is C22H24FNO4. The molecular weight excluding hydrogens is 361 g/mol. The first-order chi connectivity index (χ1) is 13.5. The Kier molecular flexibility index (Phi) is 8.21. The van der Waals surface area contributed by atoms with E-state index in [9.17, 15) is 14.0 Å². The van der Waals surface area contributed by atoms with Crippen LogP contribution in [0.15, 0.2) is 48.5 Å². The van der Waals surface area contributed by atoms with E-state index in [1.54, 1.807) is 6.07 Å². The molecule has 1 N–H and O–H groups in total. The summed E-state index contributed by atoms with van der Waals surface area (Å²) in [6.45, 7) is 2.32. The van der Waals surface area contributed by atoms with Gasteiger partial charge in [-0.05, 0) is 42.7 Å². The molecule has 0 spiro atoms. The average Bonchev–Trinajstić information content (AvgIpc) is 2.69. The van der Waals surface area contributed by atoms with Crippen LogP contribution in [0.5, 0.6) is 5.75 Å². The lowest BCUT2D eigenvalue weighted by Gasteiger charge is -2.06. The van der Waals surface area contributed by atoms with Crippen molar-refractivity contribution in [1.29, 1.82) is 0 Å². The maximum Gasteiger partial charge on any atom is 0.330 e. The van der Waals surface area contributed by atoms with Gasteiger partial charge in [-0.3, -0.25) is 4.79 Å². The molecule has 1 amide bonds. The standard InChI is InChI=1S/C22H24FNO4/c1-16-3-5-17(6-4-16)8-11-21(25)24-13-14-28-22(26)12-9-18-7-10-20(27-2)19(23)15-18/h3-7,9-10,12,15H,8,11,13-14H2,1-2H3,(H,24,25)/b12-9+. The largest absolute Gasteiger partial charge is 0.494 e. The zero-order chi connectivity index (χ0) is 20.4. The lowest BCUT2D eigenvalue weighted by Crippen LogP contribution is -2.28. The zero-order valence-corrected chi connectivity index (χ0v) is 16.0. The first-order valence-electron chi connectivity index (χ1n) is 8.98. The summed E-state index contributed by atoms with van der Waals surface area (Å²) in [5.74, 6) is -1.03. The minimum atomic E-state index is -0.565. The van der Waals surface area contributed by atoms with Crippen LogP contribution in [0, 0.1) is 12.7 Å². The number of carbonyl (C=O) groups is 2. The van der Waals surface area contributed by atoms with Gasteiger partial charge in [0.25, 0.3) is 0 Å². The Labute approximate surface area is 164 Å². The van der Waals surface area contributed by atoms with Crippen LogP contribution >= 0.6 is 0 Å². The molecule has 0 atom stereocenters. The van der Waals surface area contributed by atoms with Gasteiger partial charge in [-0.1, -0.05) is 35.9 Å². The Morgan fingerprint density at radius 3 is 2.57 bits per heavy atom. The molecule has 0 aliphatic rings. The molecule has 0 aliphatic heterocycles. The Balaban J connectivity index is 1.64. The molecule has 0 unspecified atom stereocenters. The van der Waals surface area contributed by atoms with Crippen molar-refractivity contribution < 1.29 is 23.5 Å². The van der Waals surface area contributed by atoms with Gasteiger partial charge < -0.3 is 14.8 Å². The number of aryl methyl sites for hydroxylation is 2. The number of nitrogens with one attached hydrogen (secondary N) is 1. The van der Waals surface area contributed by atoms with Crippen LogP contribution in [-0.4, -0.2) is 32.1 Å². The highest BCUT2D eigenvalue weighted by Gasteiger charge is 2.04. The fourth-order valence-corrected chi connectivity index (χ4v) is 2.44. The van der Waals surface area contributed by atoms with E-state index in [-0.39, 0.29) is 24.8 Å². The highest BCUT2D eigenvalue weighted by atomic mass is 19.1. The fourth-order valence-electron chi connectivity index (χ4n) is 2.44. The maximum atomic E-state index is 13.6. The van der Waals surface area contributed by atoms with E-state index in [1.807, 2.05) is 31.2 Å². The van der Waals surface area contributed by atoms with Crippen LogP contribution in [0.2, 0.25) is 0 Å². The molecule has 0 aromatic heterocycles. The van der Waals surface area contributed by atoms with E-state index in [0.29, 0.717) is 18.4 Å². The molecule has 0 fully saturated rings. The lowest BCUT2D eigenvalue weighted by atomic mass is 10.1. The monoisotopic (exact) mass is 385 g/mol. The van der Waals surface area contributed by atoms with Crippen molar-refractivity contribution in [2.24, 2.45) is 0 Å². The summed E-state index contributed by atoms with van der Waals surface area (Å²) in [4.78, 5) is 23.5. The summed E-state index contributed by atoms with van der Waals surface area (Å²) in [5, 5.41) is 2.71. The van der Waals surface area contributed by atoms with Gasteiger partial charge in [0, 0.05) is 12.5 Å². The Morgan fingerprint density at radius 1 is 1.14 bits per heavy atom. The second-order valence-electron chi connectivity index (χ2n) is 6.23. The van der Waals surface area contributed by atoms with E-state index >= 15 is 0 Å². The van der Waals surface area contributed by atoms with Gasteiger partial charge in [0.2, 0.25) is 5.91 Å². The van der Waals surface area contributed by atoms with Crippen LogP contribution in [0.3, 0.4) is 0 Å². The van der Waals surface area contributed by atoms with Crippen molar-refractivity contribution in [3.63, 3.8) is 0 Å². The Morgan fingerprint density at radius 2 is 1.89 bits per heavy atom. The van der Waals surface area contributed by atoms with Gasteiger partial charge in [0.05, 0.1) is 13.7 Å². The van der Waals surface area contributed by atoms with Crippen molar-refractivity contribution >= 4 is 18.0 Å². The molecule has 148 valence electrons. The molecule has 2 rings (SSSR count). The third-order valence-electron chi connectivity index (χ3n) is 4.02. The quantitative estimate of drug-likeness (QED) is 0.408. The molecule has 0 saturated heterocycles. The minimum Gasteiger partial charge on any atom is -0.494 e. The SMILES string of the molecule is COc1ccc(/C=C/C(=O)OCCNC(=O)CCc2ccc(C)cc2)cc1F. The van der Waals surface area contributed by atoms with E-state index in [4.69, 9.17) is 9.47 Å². The third-order valence-corrected chi connectivity index (χ3v) is 4.02. The normalized spacial score (nSPS) is 10.7. The number of esters is 1. The van der Waals surface area contributed by atoms with Gasteiger partial charge in [-0.15, -0.1) is 0 Å². The zero-order valence-electron chi connectivity index (χ0n) is 16.0. The second-order valence-corrected chi connectivity index (χ2v) is 6.23. The molecule has 5 nitrogen and oxygen atoms in total. The highest BCUT2D eigenvalue weighted by Crippen LogP contribution is 2.18. The number of rotatable bonds is 9. The molecule has 0 radical (unpaired) electrons. The number of methoxy groups -OCH3 is 1. The van der Waals surface area contributed by atoms with E-state index in [2.05, 4.69) is 5.32 Å². The van der Waals surface area contributed by atoms with E-state index in [1.165, 1.54) is 37.0 Å². The third kappa shape index (κ3) is 7.23. The smallest absolute Gasteiger partial charge is 0.330 e. The van der Waals surface area contributed by atoms with Gasteiger partial charge in [-0.2, -0.15) is 0 Å². The summed E-state index contributed by atoms with van der Waals surface area (Å²) in [6, 6.07) is 12.4. The van der Waals surface area contributed by atoms with Crippen LogP contribution in [0.4, 0.5) is 4.39 Å². The van der Waals surface area contributed by atoms with Gasteiger partial charge >= 0.3 is 5.97 Å². The van der Waals surface area contributed by atoms with Crippen LogP contribution in [-0.2, 0) is 20.7 Å². The van der Waals surface area contributed by atoms with Crippen molar-refractivity contribution in [1.82, 2.24) is 5.32 Å². The molecule has 2 aromatic carbocycles. The number of hydrogen-bond acceptors (Lipinski definition) is 4. The molecule has 0 aliphatic carbocycles. The van der Waals surface area contributed by atoms with Crippen molar-refractivity contribution in [3.05, 3.63) is 71.0 Å². The van der Waals surface area contributed by atoms with Crippen molar-refractivity contribution in [3.8, 4) is 5.75 Å². The summed E-state index contributed by atoms with van der Waals surface area (Å²) < 4.78 is 23.4. The fraction of sp³-hybridized carbons (Fsp3) is 0.273. The van der Waals surface area contributed by atoms with Gasteiger partial charge in [0.15, 0.2) is 11.6 Å². The van der Waals surface area contributed by atoms with Gasteiger partial charge in [-0.25, -0.2) is 9.18 Å². The molecule has 28 heavy (non-hydrogen) atoms. The van der Waals surface area contributed by atoms with E-state index < -0.39 is 11.8 Å².